The topological polar surface area (TPSA) is 90.8 Å². The number of benzene rings is 1. The molecule has 168 valence electrons. The Kier molecular flexibility index (Phi) is 14.7. The molecule has 0 bridgehead atoms. The fourth-order valence-corrected chi connectivity index (χ4v) is 3.44. The molecule has 7 heteroatoms. The number of rotatable bonds is 16. The number of phenolic OH excluding ortho intramolecular Hbond substituents is 1. The molecule has 0 unspecified atom stereocenters. The Balaban J connectivity index is 2.01. The Morgan fingerprint density at radius 3 is 2.20 bits per heavy atom. The minimum Gasteiger partial charge on any atom is -0.507 e. The highest BCUT2D eigenvalue weighted by atomic mass is 79.9. The number of amides is 2. The summed E-state index contributed by atoms with van der Waals surface area (Å²) in [6.07, 6.45) is 15.4. The van der Waals surface area contributed by atoms with Gasteiger partial charge in [-0.05, 0) is 24.6 Å². The summed E-state index contributed by atoms with van der Waals surface area (Å²) >= 11 is 3.30. The van der Waals surface area contributed by atoms with Gasteiger partial charge in [0.2, 0.25) is 5.91 Å². The third kappa shape index (κ3) is 13.4. The monoisotopic (exact) mass is 481 g/mol. The van der Waals surface area contributed by atoms with Crippen molar-refractivity contribution in [2.24, 2.45) is 5.10 Å². The van der Waals surface area contributed by atoms with Crippen molar-refractivity contribution in [1.29, 1.82) is 0 Å². The van der Waals surface area contributed by atoms with E-state index in [4.69, 9.17) is 0 Å². The lowest BCUT2D eigenvalue weighted by atomic mass is 10.1. The Morgan fingerprint density at radius 1 is 0.967 bits per heavy atom. The summed E-state index contributed by atoms with van der Waals surface area (Å²) in [6.45, 7) is 2.13. The number of unbranched alkanes of at least 4 members (excludes halogenated alkanes) is 10. The highest BCUT2D eigenvalue weighted by molar-refractivity contribution is 9.10. The maximum absolute atomic E-state index is 11.8. The summed E-state index contributed by atoms with van der Waals surface area (Å²) < 4.78 is 0.794. The Morgan fingerprint density at radius 2 is 1.57 bits per heavy atom. The first-order valence-corrected chi connectivity index (χ1v) is 11.9. The van der Waals surface area contributed by atoms with Crippen LogP contribution in [0.4, 0.5) is 0 Å². The van der Waals surface area contributed by atoms with Crippen molar-refractivity contribution >= 4 is 34.0 Å². The van der Waals surface area contributed by atoms with E-state index >= 15 is 0 Å². The van der Waals surface area contributed by atoms with E-state index in [9.17, 15) is 14.7 Å². The van der Waals surface area contributed by atoms with Gasteiger partial charge < -0.3 is 10.4 Å². The molecule has 2 amide bonds. The molecule has 3 N–H and O–H groups in total. The SMILES string of the molecule is CCCCCCCCCCCCCC(=O)NCC(=O)N/N=C/c1cc(Br)ccc1O. The summed E-state index contributed by atoms with van der Waals surface area (Å²) in [6, 6.07) is 4.92. The van der Waals surface area contributed by atoms with Crippen LogP contribution in [0.15, 0.2) is 27.8 Å². The van der Waals surface area contributed by atoms with E-state index in [0.29, 0.717) is 12.0 Å². The van der Waals surface area contributed by atoms with E-state index in [0.717, 1.165) is 17.3 Å². The highest BCUT2D eigenvalue weighted by Gasteiger charge is 2.05. The molecule has 0 atom stereocenters. The molecule has 0 heterocycles. The number of hydrogen-bond acceptors (Lipinski definition) is 4. The van der Waals surface area contributed by atoms with E-state index in [2.05, 4.69) is 38.7 Å². The predicted octanol–water partition coefficient (Wildman–Crippen LogP) is 5.42. The maximum atomic E-state index is 11.8. The molecule has 1 aromatic carbocycles. The molecule has 0 saturated heterocycles. The van der Waals surface area contributed by atoms with Crippen LogP contribution >= 0.6 is 15.9 Å². The number of phenols is 1. The van der Waals surface area contributed by atoms with Gasteiger partial charge in [-0.2, -0.15) is 5.10 Å². The summed E-state index contributed by atoms with van der Waals surface area (Å²) in [7, 11) is 0. The minimum absolute atomic E-state index is 0.0662. The van der Waals surface area contributed by atoms with Crippen molar-refractivity contribution in [2.45, 2.75) is 84.0 Å². The standard InChI is InChI=1S/C23H36BrN3O3/c1-2-3-4-5-6-7-8-9-10-11-12-13-22(29)25-18-23(30)27-26-17-19-16-20(24)14-15-21(19)28/h14-17,28H,2-13,18H2,1H3,(H,25,29)(H,27,30)/b26-17+. The first kappa shape index (κ1) is 26.1. The quantitative estimate of drug-likeness (QED) is 0.167. The normalized spacial score (nSPS) is 11.0. The molecule has 0 aliphatic heterocycles. The zero-order valence-corrected chi connectivity index (χ0v) is 19.7. The zero-order valence-electron chi connectivity index (χ0n) is 18.1. The average molecular weight is 482 g/mol. The van der Waals surface area contributed by atoms with Crippen LogP contribution in [0.1, 0.15) is 89.5 Å². The molecule has 0 aromatic heterocycles. The second-order valence-electron chi connectivity index (χ2n) is 7.56. The molecule has 1 aromatic rings. The number of halogens is 1. The van der Waals surface area contributed by atoms with Gasteiger partial charge in [0.1, 0.15) is 5.75 Å². The Hall–Kier alpha value is -1.89. The third-order valence-electron chi connectivity index (χ3n) is 4.84. The first-order chi connectivity index (χ1) is 14.5. The van der Waals surface area contributed by atoms with Crippen LogP contribution in [0, 0.1) is 0 Å². The second kappa shape index (κ2) is 16.9. The van der Waals surface area contributed by atoms with Gasteiger partial charge >= 0.3 is 0 Å². The molecule has 1 rings (SSSR count). The van der Waals surface area contributed by atoms with Crippen molar-refractivity contribution in [3.8, 4) is 5.75 Å². The molecule has 0 spiro atoms. The molecule has 0 fully saturated rings. The Labute approximate surface area is 189 Å². The van der Waals surface area contributed by atoms with Crippen LogP contribution in [0.25, 0.3) is 0 Å². The highest BCUT2D eigenvalue weighted by Crippen LogP contribution is 2.19. The Bertz CT molecular complexity index is 665. The molecule has 6 nitrogen and oxygen atoms in total. The van der Waals surface area contributed by atoms with Crippen LogP contribution in [0.5, 0.6) is 5.75 Å². The number of carbonyl (C=O) groups excluding carboxylic acids is 2. The predicted molar refractivity (Wildman–Crippen MR) is 126 cm³/mol. The minimum atomic E-state index is -0.409. The fraction of sp³-hybridized carbons (Fsp3) is 0.609. The molecule has 0 aliphatic carbocycles. The molecule has 0 saturated carbocycles. The van der Waals surface area contributed by atoms with Gasteiger partial charge in [0.15, 0.2) is 0 Å². The van der Waals surface area contributed by atoms with E-state index in [-0.39, 0.29) is 18.2 Å². The van der Waals surface area contributed by atoms with Gasteiger partial charge in [0.05, 0.1) is 12.8 Å². The number of hydrogen-bond donors (Lipinski definition) is 3. The summed E-state index contributed by atoms with van der Waals surface area (Å²) in [4.78, 5) is 23.6. The van der Waals surface area contributed by atoms with Crippen molar-refractivity contribution < 1.29 is 14.7 Å². The van der Waals surface area contributed by atoms with Gasteiger partial charge in [0, 0.05) is 16.5 Å². The molecule has 30 heavy (non-hydrogen) atoms. The molecule has 0 radical (unpaired) electrons. The van der Waals surface area contributed by atoms with Gasteiger partial charge in [-0.1, -0.05) is 87.1 Å². The summed E-state index contributed by atoms with van der Waals surface area (Å²) in [5.41, 5.74) is 2.81. The maximum Gasteiger partial charge on any atom is 0.259 e. The van der Waals surface area contributed by atoms with E-state index in [1.807, 2.05) is 0 Å². The number of nitrogens with zero attached hydrogens (tertiary/aromatic N) is 1. The van der Waals surface area contributed by atoms with Crippen LogP contribution in [-0.2, 0) is 9.59 Å². The van der Waals surface area contributed by atoms with E-state index < -0.39 is 5.91 Å². The number of nitrogens with one attached hydrogen (secondary N) is 2. The van der Waals surface area contributed by atoms with Crippen LogP contribution in [0.3, 0.4) is 0 Å². The molecule has 0 aliphatic rings. The van der Waals surface area contributed by atoms with Crippen molar-refractivity contribution in [3.05, 3.63) is 28.2 Å². The van der Waals surface area contributed by atoms with Crippen molar-refractivity contribution in [3.63, 3.8) is 0 Å². The third-order valence-corrected chi connectivity index (χ3v) is 5.33. The van der Waals surface area contributed by atoms with Gasteiger partial charge in [0.25, 0.3) is 5.91 Å². The van der Waals surface area contributed by atoms with Crippen molar-refractivity contribution in [2.75, 3.05) is 6.54 Å². The molecular formula is C23H36BrN3O3. The lowest BCUT2D eigenvalue weighted by Crippen LogP contribution is -2.34. The summed E-state index contributed by atoms with van der Waals surface area (Å²) in [5, 5.41) is 16.1. The zero-order chi connectivity index (χ0) is 22.0. The van der Waals surface area contributed by atoms with Crippen molar-refractivity contribution in [1.82, 2.24) is 10.7 Å². The second-order valence-corrected chi connectivity index (χ2v) is 8.47. The average Bonchev–Trinajstić information content (AvgIpc) is 2.73. The van der Waals surface area contributed by atoms with Crippen LogP contribution < -0.4 is 10.7 Å². The lowest BCUT2D eigenvalue weighted by molar-refractivity contribution is -0.126. The fourth-order valence-electron chi connectivity index (χ4n) is 3.06. The van der Waals surface area contributed by atoms with Gasteiger partial charge in [-0.3, -0.25) is 9.59 Å². The smallest absolute Gasteiger partial charge is 0.259 e. The van der Waals surface area contributed by atoms with Crippen LogP contribution in [-0.4, -0.2) is 29.7 Å². The van der Waals surface area contributed by atoms with Crippen LogP contribution in [0.2, 0.25) is 0 Å². The number of carbonyl (C=O) groups is 2. The first-order valence-electron chi connectivity index (χ1n) is 11.1. The number of hydrazone groups is 1. The largest absolute Gasteiger partial charge is 0.507 e. The van der Waals surface area contributed by atoms with Gasteiger partial charge in [-0.25, -0.2) is 5.43 Å². The summed E-state index contributed by atoms with van der Waals surface area (Å²) in [5.74, 6) is -0.459. The number of aromatic hydroxyl groups is 1. The van der Waals surface area contributed by atoms with E-state index in [1.165, 1.54) is 70.1 Å². The lowest BCUT2D eigenvalue weighted by Gasteiger charge is -2.05. The van der Waals surface area contributed by atoms with E-state index in [1.54, 1.807) is 12.1 Å². The molecular weight excluding hydrogens is 446 g/mol. The van der Waals surface area contributed by atoms with Gasteiger partial charge in [-0.15, -0.1) is 0 Å².